The van der Waals surface area contributed by atoms with Crippen LogP contribution >= 0.6 is 0 Å². The van der Waals surface area contributed by atoms with Gasteiger partial charge in [-0.25, -0.2) is 0 Å². The zero-order valence-corrected chi connectivity index (χ0v) is 11.0. The van der Waals surface area contributed by atoms with E-state index in [9.17, 15) is 0 Å². The van der Waals surface area contributed by atoms with Crippen LogP contribution in [-0.4, -0.2) is 19.3 Å². The summed E-state index contributed by atoms with van der Waals surface area (Å²) in [4.78, 5) is 0. The van der Waals surface area contributed by atoms with Gasteiger partial charge in [-0.1, -0.05) is 32.9 Å². The van der Waals surface area contributed by atoms with Crippen molar-refractivity contribution in [2.24, 2.45) is 11.7 Å². The molecule has 3 heteroatoms. The van der Waals surface area contributed by atoms with Crippen molar-refractivity contribution in [3.63, 3.8) is 0 Å². The van der Waals surface area contributed by atoms with Gasteiger partial charge in [0, 0.05) is 6.54 Å². The molecule has 1 atom stereocenters. The second kappa shape index (κ2) is 7.17. The molecule has 0 aliphatic rings. The van der Waals surface area contributed by atoms with Gasteiger partial charge < -0.3 is 15.2 Å². The van der Waals surface area contributed by atoms with Crippen molar-refractivity contribution in [1.82, 2.24) is 0 Å². The Bertz CT molecular complexity index is 326. The first kappa shape index (κ1) is 13.8. The van der Waals surface area contributed by atoms with E-state index in [0.717, 1.165) is 17.9 Å². The van der Waals surface area contributed by atoms with E-state index in [2.05, 4.69) is 20.8 Å². The van der Waals surface area contributed by atoms with E-state index >= 15 is 0 Å². The fourth-order valence-corrected chi connectivity index (χ4v) is 1.50. The SMILES string of the molecule is CCCOc1ccccc1OC(CN)C(C)C. The fraction of sp³-hybridized carbons (Fsp3) is 0.571. The first-order chi connectivity index (χ1) is 8.19. The Kier molecular flexibility index (Phi) is 5.84. The lowest BCUT2D eigenvalue weighted by Gasteiger charge is -2.22. The van der Waals surface area contributed by atoms with E-state index in [1.54, 1.807) is 0 Å². The zero-order valence-electron chi connectivity index (χ0n) is 11.0. The third kappa shape index (κ3) is 4.27. The standard InChI is InChI=1S/C14H23NO2/c1-4-9-16-12-7-5-6-8-13(12)17-14(10-15)11(2)3/h5-8,11,14H,4,9-10,15H2,1-3H3. The third-order valence-corrected chi connectivity index (χ3v) is 2.57. The molecule has 1 rings (SSSR count). The molecule has 0 aliphatic carbocycles. The van der Waals surface area contributed by atoms with Gasteiger partial charge in [-0.2, -0.15) is 0 Å². The Morgan fingerprint density at radius 3 is 2.35 bits per heavy atom. The first-order valence-electron chi connectivity index (χ1n) is 6.27. The maximum Gasteiger partial charge on any atom is 0.161 e. The number of rotatable bonds is 7. The molecule has 3 nitrogen and oxygen atoms in total. The molecular formula is C14H23NO2. The van der Waals surface area contributed by atoms with Gasteiger partial charge >= 0.3 is 0 Å². The summed E-state index contributed by atoms with van der Waals surface area (Å²) in [5.74, 6) is 1.97. The van der Waals surface area contributed by atoms with Crippen LogP contribution < -0.4 is 15.2 Å². The molecule has 0 aromatic heterocycles. The summed E-state index contributed by atoms with van der Waals surface area (Å²) in [6.07, 6.45) is 1.01. The zero-order chi connectivity index (χ0) is 12.7. The van der Waals surface area contributed by atoms with Gasteiger partial charge in [-0.05, 0) is 24.5 Å². The van der Waals surface area contributed by atoms with Gasteiger partial charge in [-0.15, -0.1) is 0 Å². The highest BCUT2D eigenvalue weighted by molar-refractivity contribution is 5.39. The van der Waals surface area contributed by atoms with Crippen LogP contribution in [-0.2, 0) is 0 Å². The lowest BCUT2D eigenvalue weighted by atomic mass is 10.1. The highest BCUT2D eigenvalue weighted by atomic mass is 16.5. The van der Waals surface area contributed by atoms with Crippen molar-refractivity contribution in [2.45, 2.75) is 33.3 Å². The predicted octanol–water partition coefficient (Wildman–Crippen LogP) is 2.84. The summed E-state index contributed by atoms with van der Waals surface area (Å²) in [6.45, 7) is 7.51. The van der Waals surface area contributed by atoms with Crippen molar-refractivity contribution in [2.75, 3.05) is 13.2 Å². The molecule has 0 saturated carbocycles. The van der Waals surface area contributed by atoms with E-state index in [0.29, 0.717) is 19.1 Å². The van der Waals surface area contributed by atoms with Crippen LogP contribution in [0.25, 0.3) is 0 Å². The normalized spacial score (nSPS) is 12.5. The van der Waals surface area contributed by atoms with Crippen molar-refractivity contribution >= 4 is 0 Å². The summed E-state index contributed by atoms with van der Waals surface area (Å²) < 4.78 is 11.5. The molecule has 0 aliphatic heterocycles. The summed E-state index contributed by atoms with van der Waals surface area (Å²) in [5.41, 5.74) is 5.71. The molecular weight excluding hydrogens is 214 g/mol. The molecule has 0 saturated heterocycles. The van der Waals surface area contributed by atoms with Crippen molar-refractivity contribution in [1.29, 1.82) is 0 Å². The van der Waals surface area contributed by atoms with Crippen molar-refractivity contribution in [3.05, 3.63) is 24.3 Å². The Labute approximate surface area is 104 Å². The largest absolute Gasteiger partial charge is 0.490 e. The van der Waals surface area contributed by atoms with Crippen LogP contribution in [0.2, 0.25) is 0 Å². The predicted molar refractivity (Wildman–Crippen MR) is 70.5 cm³/mol. The minimum absolute atomic E-state index is 0.0291. The highest BCUT2D eigenvalue weighted by Gasteiger charge is 2.15. The fourth-order valence-electron chi connectivity index (χ4n) is 1.50. The summed E-state index contributed by atoms with van der Waals surface area (Å²) in [6, 6.07) is 7.75. The lowest BCUT2D eigenvalue weighted by molar-refractivity contribution is 0.151. The molecule has 0 heterocycles. The average molecular weight is 237 g/mol. The second-order valence-corrected chi connectivity index (χ2v) is 4.43. The number of benzene rings is 1. The molecule has 1 unspecified atom stereocenters. The molecule has 17 heavy (non-hydrogen) atoms. The van der Waals surface area contributed by atoms with Crippen molar-refractivity contribution in [3.8, 4) is 11.5 Å². The van der Waals surface area contributed by atoms with Crippen LogP contribution in [0.4, 0.5) is 0 Å². The molecule has 1 aromatic rings. The summed E-state index contributed by atoms with van der Waals surface area (Å²) >= 11 is 0. The minimum atomic E-state index is 0.0291. The number of para-hydroxylation sites is 2. The number of nitrogens with two attached hydrogens (primary N) is 1. The monoisotopic (exact) mass is 237 g/mol. The maximum absolute atomic E-state index is 5.90. The van der Waals surface area contributed by atoms with Gasteiger partial charge in [0.15, 0.2) is 11.5 Å². The molecule has 0 spiro atoms. The second-order valence-electron chi connectivity index (χ2n) is 4.43. The smallest absolute Gasteiger partial charge is 0.161 e. The van der Waals surface area contributed by atoms with E-state index in [4.69, 9.17) is 15.2 Å². The Morgan fingerprint density at radius 1 is 1.18 bits per heavy atom. The Morgan fingerprint density at radius 2 is 1.82 bits per heavy atom. The van der Waals surface area contributed by atoms with Gasteiger partial charge in [0.05, 0.1) is 6.61 Å². The van der Waals surface area contributed by atoms with Gasteiger partial charge in [0.2, 0.25) is 0 Å². The number of hydrogen-bond acceptors (Lipinski definition) is 3. The summed E-state index contributed by atoms with van der Waals surface area (Å²) in [5, 5.41) is 0. The number of ether oxygens (including phenoxy) is 2. The van der Waals surface area contributed by atoms with Gasteiger partial charge in [0.1, 0.15) is 6.10 Å². The van der Waals surface area contributed by atoms with Crippen LogP contribution in [0, 0.1) is 5.92 Å². The van der Waals surface area contributed by atoms with Crippen LogP contribution in [0.3, 0.4) is 0 Å². The average Bonchev–Trinajstić information content (AvgIpc) is 2.34. The molecule has 0 fully saturated rings. The molecule has 0 bridgehead atoms. The van der Waals surface area contributed by atoms with Gasteiger partial charge in [-0.3, -0.25) is 0 Å². The van der Waals surface area contributed by atoms with E-state index in [-0.39, 0.29) is 6.10 Å². The van der Waals surface area contributed by atoms with E-state index in [1.165, 1.54) is 0 Å². The molecule has 0 radical (unpaired) electrons. The molecule has 96 valence electrons. The molecule has 1 aromatic carbocycles. The Balaban J connectivity index is 2.74. The quantitative estimate of drug-likeness (QED) is 0.793. The lowest BCUT2D eigenvalue weighted by Crippen LogP contribution is -2.31. The third-order valence-electron chi connectivity index (χ3n) is 2.57. The van der Waals surface area contributed by atoms with Crippen LogP contribution in [0.5, 0.6) is 11.5 Å². The topological polar surface area (TPSA) is 44.5 Å². The Hall–Kier alpha value is -1.22. The van der Waals surface area contributed by atoms with Crippen LogP contribution in [0.1, 0.15) is 27.2 Å². The maximum atomic E-state index is 5.90. The van der Waals surface area contributed by atoms with E-state index in [1.807, 2.05) is 24.3 Å². The molecule has 0 amide bonds. The van der Waals surface area contributed by atoms with Crippen molar-refractivity contribution < 1.29 is 9.47 Å². The molecule has 2 N–H and O–H groups in total. The van der Waals surface area contributed by atoms with Crippen LogP contribution in [0.15, 0.2) is 24.3 Å². The minimum Gasteiger partial charge on any atom is -0.490 e. The van der Waals surface area contributed by atoms with Gasteiger partial charge in [0.25, 0.3) is 0 Å². The highest BCUT2D eigenvalue weighted by Crippen LogP contribution is 2.28. The first-order valence-corrected chi connectivity index (χ1v) is 6.27. The van der Waals surface area contributed by atoms with E-state index < -0.39 is 0 Å². The number of hydrogen-bond donors (Lipinski definition) is 1. The summed E-state index contributed by atoms with van der Waals surface area (Å²) in [7, 11) is 0.